The molecule has 0 unspecified atom stereocenters. The standard InChI is InChI=1S/C21H23FN2O3/c1-15-6-3-4-7-17(15)20(25)23-10-5-11-24(13-12-23)21(26)18-14-16(22)8-9-19(18)27-2/h3-4,6-9,14H,5,10-13H2,1-2H3. The summed E-state index contributed by atoms with van der Waals surface area (Å²) in [7, 11) is 1.45. The van der Waals surface area contributed by atoms with Crippen molar-refractivity contribution in [1.82, 2.24) is 9.80 Å². The van der Waals surface area contributed by atoms with Crippen LogP contribution in [0.15, 0.2) is 42.5 Å². The van der Waals surface area contributed by atoms with Crippen molar-refractivity contribution in [3.05, 3.63) is 65.0 Å². The third-order valence-electron chi connectivity index (χ3n) is 4.84. The molecule has 1 heterocycles. The fourth-order valence-corrected chi connectivity index (χ4v) is 3.32. The van der Waals surface area contributed by atoms with Gasteiger partial charge in [-0.05, 0) is 43.2 Å². The lowest BCUT2D eigenvalue weighted by Gasteiger charge is -2.23. The SMILES string of the molecule is COc1ccc(F)cc1C(=O)N1CCCN(C(=O)c2ccccc2C)CC1. The summed E-state index contributed by atoms with van der Waals surface area (Å²) in [6, 6.07) is 11.4. The summed E-state index contributed by atoms with van der Waals surface area (Å²) in [4.78, 5) is 29.1. The Bertz CT molecular complexity index is 853. The summed E-state index contributed by atoms with van der Waals surface area (Å²) >= 11 is 0. The first-order valence-electron chi connectivity index (χ1n) is 8.99. The predicted molar refractivity (Wildman–Crippen MR) is 101 cm³/mol. The summed E-state index contributed by atoms with van der Waals surface area (Å²) in [5.74, 6) is -0.439. The average molecular weight is 370 g/mol. The molecule has 0 atom stereocenters. The molecule has 1 aliphatic rings. The van der Waals surface area contributed by atoms with E-state index in [4.69, 9.17) is 4.74 Å². The highest BCUT2D eigenvalue weighted by atomic mass is 19.1. The lowest BCUT2D eigenvalue weighted by molar-refractivity contribution is 0.0716. The van der Waals surface area contributed by atoms with Crippen LogP contribution in [0.2, 0.25) is 0 Å². The molecule has 2 aromatic carbocycles. The molecule has 0 aliphatic carbocycles. The van der Waals surface area contributed by atoms with Gasteiger partial charge in [0.1, 0.15) is 11.6 Å². The maximum absolute atomic E-state index is 13.6. The second kappa shape index (κ2) is 8.20. The van der Waals surface area contributed by atoms with Crippen LogP contribution in [0.4, 0.5) is 4.39 Å². The Kier molecular flexibility index (Phi) is 5.74. The summed E-state index contributed by atoms with van der Waals surface area (Å²) in [5, 5.41) is 0. The zero-order valence-corrected chi connectivity index (χ0v) is 15.6. The molecular weight excluding hydrogens is 347 g/mol. The van der Waals surface area contributed by atoms with Crippen molar-refractivity contribution in [2.24, 2.45) is 0 Å². The van der Waals surface area contributed by atoms with Crippen molar-refractivity contribution < 1.29 is 18.7 Å². The summed E-state index contributed by atoms with van der Waals surface area (Å²) in [5.41, 5.74) is 1.82. The highest BCUT2D eigenvalue weighted by Crippen LogP contribution is 2.22. The van der Waals surface area contributed by atoms with E-state index in [0.717, 1.165) is 5.56 Å². The largest absolute Gasteiger partial charge is 0.496 e. The molecule has 1 fully saturated rings. The van der Waals surface area contributed by atoms with E-state index < -0.39 is 5.82 Å². The van der Waals surface area contributed by atoms with Crippen LogP contribution in [-0.2, 0) is 0 Å². The molecule has 27 heavy (non-hydrogen) atoms. The van der Waals surface area contributed by atoms with Gasteiger partial charge in [-0.25, -0.2) is 4.39 Å². The number of halogens is 1. The molecule has 1 saturated heterocycles. The second-order valence-corrected chi connectivity index (χ2v) is 6.60. The Hall–Kier alpha value is -2.89. The minimum Gasteiger partial charge on any atom is -0.496 e. The van der Waals surface area contributed by atoms with Gasteiger partial charge in [0.05, 0.1) is 12.7 Å². The Morgan fingerprint density at radius 3 is 2.19 bits per heavy atom. The van der Waals surface area contributed by atoms with Gasteiger partial charge in [0, 0.05) is 31.7 Å². The summed E-state index contributed by atoms with van der Waals surface area (Å²) < 4.78 is 18.8. The summed E-state index contributed by atoms with van der Waals surface area (Å²) in [6.45, 7) is 3.84. The molecule has 0 bridgehead atoms. The van der Waals surface area contributed by atoms with E-state index in [2.05, 4.69) is 0 Å². The molecule has 0 saturated carbocycles. The van der Waals surface area contributed by atoms with E-state index in [1.165, 1.54) is 25.3 Å². The summed E-state index contributed by atoms with van der Waals surface area (Å²) in [6.07, 6.45) is 0.668. The van der Waals surface area contributed by atoms with Crippen molar-refractivity contribution in [2.75, 3.05) is 33.3 Å². The van der Waals surface area contributed by atoms with Crippen molar-refractivity contribution in [3.8, 4) is 5.75 Å². The van der Waals surface area contributed by atoms with Crippen LogP contribution in [0.25, 0.3) is 0 Å². The minimum absolute atomic E-state index is 0.0225. The predicted octanol–water partition coefficient (Wildman–Crippen LogP) is 3.13. The van der Waals surface area contributed by atoms with E-state index in [9.17, 15) is 14.0 Å². The van der Waals surface area contributed by atoms with E-state index in [1.54, 1.807) is 9.80 Å². The zero-order valence-electron chi connectivity index (χ0n) is 15.6. The fraction of sp³-hybridized carbons (Fsp3) is 0.333. The monoisotopic (exact) mass is 370 g/mol. The number of carbonyl (C=O) groups is 2. The lowest BCUT2D eigenvalue weighted by Crippen LogP contribution is -2.37. The molecule has 0 radical (unpaired) electrons. The molecule has 2 aromatic rings. The average Bonchev–Trinajstić information content (AvgIpc) is 2.93. The fourth-order valence-electron chi connectivity index (χ4n) is 3.32. The van der Waals surface area contributed by atoms with Gasteiger partial charge in [-0.15, -0.1) is 0 Å². The highest BCUT2D eigenvalue weighted by molar-refractivity contribution is 5.97. The Labute approximate surface area is 158 Å². The Morgan fingerprint density at radius 1 is 0.926 bits per heavy atom. The molecule has 2 amide bonds. The van der Waals surface area contributed by atoms with Gasteiger partial charge in [-0.3, -0.25) is 9.59 Å². The molecule has 0 spiro atoms. The highest BCUT2D eigenvalue weighted by Gasteiger charge is 2.25. The third kappa shape index (κ3) is 4.10. The molecule has 6 heteroatoms. The number of amides is 2. The van der Waals surface area contributed by atoms with Gasteiger partial charge in [0.2, 0.25) is 0 Å². The van der Waals surface area contributed by atoms with Gasteiger partial charge >= 0.3 is 0 Å². The van der Waals surface area contributed by atoms with Crippen molar-refractivity contribution in [1.29, 1.82) is 0 Å². The van der Waals surface area contributed by atoms with Crippen molar-refractivity contribution in [3.63, 3.8) is 0 Å². The number of ether oxygens (including phenoxy) is 1. The molecule has 3 rings (SSSR count). The van der Waals surface area contributed by atoms with Gasteiger partial charge in [0.25, 0.3) is 11.8 Å². The Balaban J connectivity index is 1.73. The molecule has 0 aromatic heterocycles. The smallest absolute Gasteiger partial charge is 0.257 e. The maximum atomic E-state index is 13.6. The molecule has 0 N–H and O–H groups in total. The van der Waals surface area contributed by atoms with Crippen LogP contribution < -0.4 is 4.74 Å². The van der Waals surface area contributed by atoms with Gasteiger partial charge in [0.15, 0.2) is 0 Å². The third-order valence-corrected chi connectivity index (χ3v) is 4.84. The lowest BCUT2D eigenvalue weighted by atomic mass is 10.1. The van der Waals surface area contributed by atoms with E-state index in [1.807, 2.05) is 31.2 Å². The molecule has 5 nitrogen and oxygen atoms in total. The number of methoxy groups -OCH3 is 1. The van der Waals surface area contributed by atoms with E-state index >= 15 is 0 Å². The number of benzene rings is 2. The van der Waals surface area contributed by atoms with Gasteiger partial charge < -0.3 is 14.5 Å². The van der Waals surface area contributed by atoms with Crippen LogP contribution in [0.3, 0.4) is 0 Å². The number of hydrogen-bond donors (Lipinski definition) is 0. The Morgan fingerprint density at radius 2 is 1.56 bits per heavy atom. The second-order valence-electron chi connectivity index (χ2n) is 6.60. The van der Waals surface area contributed by atoms with Crippen LogP contribution in [0, 0.1) is 12.7 Å². The van der Waals surface area contributed by atoms with Crippen molar-refractivity contribution in [2.45, 2.75) is 13.3 Å². The number of carbonyl (C=O) groups excluding carboxylic acids is 2. The van der Waals surface area contributed by atoms with E-state index in [-0.39, 0.29) is 17.4 Å². The number of nitrogens with zero attached hydrogens (tertiary/aromatic N) is 2. The van der Waals surface area contributed by atoms with E-state index in [0.29, 0.717) is 43.9 Å². The first-order valence-corrected chi connectivity index (χ1v) is 8.99. The molecule has 142 valence electrons. The van der Waals surface area contributed by atoms with Crippen LogP contribution in [0.1, 0.15) is 32.7 Å². The molecular formula is C21H23FN2O3. The van der Waals surface area contributed by atoms with Crippen molar-refractivity contribution >= 4 is 11.8 Å². The normalized spacial score (nSPS) is 14.6. The minimum atomic E-state index is -0.481. The van der Waals surface area contributed by atoms with Gasteiger partial charge in [-0.2, -0.15) is 0 Å². The maximum Gasteiger partial charge on any atom is 0.257 e. The van der Waals surface area contributed by atoms with Crippen LogP contribution >= 0.6 is 0 Å². The first-order chi connectivity index (χ1) is 13.0. The number of aryl methyl sites for hydroxylation is 1. The molecule has 1 aliphatic heterocycles. The van der Waals surface area contributed by atoms with Crippen LogP contribution in [-0.4, -0.2) is 54.9 Å². The zero-order chi connectivity index (χ0) is 19.4. The number of hydrogen-bond acceptors (Lipinski definition) is 3. The van der Waals surface area contributed by atoms with Gasteiger partial charge in [-0.1, -0.05) is 18.2 Å². The quantitative estimate of drug-likeness (QED) is 0.834. The number of rotatable bonds is 3. The first kappa shape index (κ1) is 18.9. The van der Waals surface area contributed by atoms with Crippen LogP contribution in [0.5, 0.6) is 5.75 Å². The topological polar surface area (TPSA) is 49.9 Å².